The highest BCUT2D eigenvalue weighted by atomic mass is 32.2. The molecule has 0 N–H and O–H groups in total. The second-order valence-electron chi connectivity index (χ2n) is 8.27. The van der Waals surface area contributed by atoms with E-state index in [4.69, 9.17) is 0 Å². The highest BCUT2D eigenvalue weighted by molar-refractivity contribution is 7.89. The van der Waals surface area contributed by atoms with E-state index in [1.807, 2.05) is 60.7 Å². The lowest BCUT2D eigenvalue weighted by atomic mass is 9.90. The van der Waals surface area contributed by atoms with Crippen molar-refractivity contribution in [3.63, 3.8) is 0 Å². The molecule has 1 heterocycles. The van der Waals surface area contributed by atoms with Gasteiger partial charge in [0.05, 0.1) is 16.9 Å². The first-order valence-corrected chi connectivity index (χ1v) is 12.3. The van der Waals surface area contributed by atoms with E-state index in [2.05, 4.69) is 0 Å². The third-order valence-electron chi connectivity index (χ3n) is 6.06. The van der Waals surface area contributed by atoms with E-state index in [0.717, 1.165) is 11.1 Å². The first-order valence-electron chi connectivity index (χ1n) is 10.9. The van der Waals surface area contributed by atoms with Crippen molar-refractivity contribution in [2.45, 2.75) is 30.3 Å². The standard InChI is InChI=1S/C26H28N2O3S/c1-27(19-21-11-5-2-6-12-21)26(29)23-17-18-25(22-13-7-3-8-14-22)28(20-23)32(30,31)24-15-9-4-10-16-24/h2-16,23,25H,17-20H2,1H3. The van der Waals surface area contributed by atoms with Crippen molar-refractivity contribution in [1.29, 1.82) is 0 Å². The molecule has 2 atom stereocenters. The Bertz CT molecular complexity index is 1140. The molecule has 0 aromatic heterocycles. The summed E-state index contributed by atoms with van der Waals surface area (Å²) in [7, 11) is -1.96. The van der Waals surface area contributed by atoms with E-state index in [9.17, 15) is 13.2 Å². The van der Waals surface area contributed by atoms with Gasteiger partial charge in [0.15, 0.2) is 0 Å². The molecule has 5 nitrogen and oxygen atoms in total. The fraction of sp³-hybridized carbons (Fsp3) is 0.269. The van der Waals surface area contributed by atoms with Gasteiger partial charge in [-0.05, 0) is 36.1 Å². The van der Waals surface area contributed by atoms with Crippen molar-refractivity contribution in [2.24, 2.45) is 5.92 Å². The molecule has 1 saturated heterocycles. The predicted molar refractivity (Wildman–Crippen MR) is 125 cm³/mol. The molecule has 3 aromatic carbocycles. The zero-order valence-corrected chi connectivity index (χ0v) is 19.0. The molecule has 1 amide bonds. The van der Waals surface area contributed by atoms with Crippen LogP contribution in [0, 0.1) is 5.92 Å². The number of benzene rings is 3. The minimum absolute atomic E-state index is 0.0198. The van der Waals surface area contributed by atoms with Crippen molar-refractivity contribution in [3.8, 4) is 0 Å². The van der Waals surface area contributed by atoms with E-state index >= 15 is 0 Å². The Morgan fingerprint density at radius 3 is 2.06 bits per heavy atom. The van der Waals surface area contributed by atoms with Gasteiger partial charge in [-0.3, -0.25) is 4.79 Å². The van der Waals surface area contributed by atoms with Crippen LogP contribution < -0.4 is 0 Å². The van der Waals surface area contributed by atoms with Crippen LogP contribution in [0.5, 0.6) is 0 Å². The third kappa shape index (κ3) is 4.76. The molecule has 0 saturated carbocycles. The van der Waals surface area contributed by atoms with E-state index in [-0.39, 0.29) is 29.3 Å². The van der Waals surface area contributed by atoms with Gasteiger partial charge in [0.25, 0.3) is 0 Å². The molecule has 0 radical (unpaired) electrons. The second-order valence-corrected chi connectivity index (χ2v) is 10.2. The second kappa shape index (κ2) is 9.67. The molecule has 0 spiro atoms. The smallest absolute Gasteiger partial charge is 0.243 e. The minimum atomic E-state index is -3.75. The van der Waals surface area contributed by atoms with Crippen molar-refractivity contribution in [2.75, 3.05) is 13.6 Å². The molecule has 2 unspecified atom stereocenters. The van der Waals surface area contributed by atoms with Crippen LogP contribution in [0.4, 0.5) is 0 Å². The molecule has 0 aliphatic carbocycles. The normalized spacial score (nSPS) is 19.4. The number of hydrogen-bond donors (Lipinski definition) is 0. The van der Waals surface area contributed by atoms with Crippen LogP contribution in [0.15, 0.2) is 95.9 Å². The Morgan fingerprint density at radius 1 is 0.875 bits per heavy atom. The highest BCUT2D eigenvalue weighted by Gasteiger charge is 2.40. The molecule has 1 fully saturated rings. The summed E-state index contributed by atoms with van der Waals surface area (Å²) in [5.74, 6) is -0.393. The number of hydrogen-bond acceptors (Lipinski definition) is 3. The summed E-state index contributed by atoms with van der Waals surface area (Å²) in [6.07, 6.45) is 1.25. The quantitative estimate of drug-likeness (QED) is 0.558. The van der Waals surface area contributed by atoms with Crippen LogP contribution in [-0.4, -0.2) is 37.1 Å². The highest BCUT2D eigenvalue weighted by Crippen LogP contribution is 2.38. The van der Waals surface area contributed by atoms with Crippen LogP contribution in [0.25, 0.3) is 0 Å². The fourth-order valence-electron chi connectivity index (χ4n) is 4.39. The minimum Gasteiger partial charge on any atom is -0.341 e. The fourth-order valence-corrected chi connectivity index (χ4v) is 6.10. The molecular formula is C26H28N2O3S. The van der Waals surface area contributed by atoms with Crippen molar-refractivity contribution >= 4 is 15.9 Å². The SMILES string of the molecule is CN(Cc1ccccc1)C(=O)C1CCC(c2ccccc2)N(S(=O)(=O)c2ccccc2)C1. The Hall–Kier alpha value is -2.96. The number of sulfonamides is 1. The van der Waals surface area contributed by atoms with Crippen LogP contribution in [0.1, 0.15) is 30.0 Å². The summed E-state index contributed by atoms with van der Waals surface area (Å²) in [6, 6.07) is 27.7. The van der Waals surface area contributed by atoms with Gasteiger partial charge in [0.2, 0.25) is 15.9 Å². The summed E-state index contributed by atoms with van der Waals surface area (Å²) < 4.78 is 28.7. The zero-order chi connectivity index (χ0) is 22.6. The van der Waals surface area contributed by atoms with Crippen molar-refractivity contribution < 1.29 is 13.2 Å². The molecule has 3 aromatic rings. The number of piperidine rings is 1. The summed E-state index contributed by atoms with van der Waals surface area (Å²) >= 11 is 0. The van der Waals surface area contributed by atoms with Gasteiger partial charge in [-0.15, -0.1) is 0 Å². The Morgan fingerprint density at radius 2 is 1.44 bits per heavy atom. The maximum Gasteiger partial charge on any atom is 0.243 e. The molecular weight excluding hydrogens is 420 g/mol. The summed E-state index contributed by atoms with van der Waals surface area (Å²) in [5.41, 5.74) is 2.01. The van der Waals surface area contributed by atoms with Crippen LogP contribution in [0.2, 0.25) is 0 Å². The topological polar surface area (TPSA) is 57.7 Å². The van der Waals surface area contributed by atoms with Crippen LogP contribution in [0.3, 0.4) is 0 Å². The molecule has 1 aliphatic rings. The Kier molecular flexibility index (Phi) is 6.72. The van der Waals surface area contributed by atoms with Gasteiger partial charge in [0.1, 0.15) is 0 Å². The lowest BCUT2D eigenvalue weighted by Gasteiger charge is -2.39. The average Bonchev–Trinajstić information content (AvgIpc) is 2.85. The largest absolute Gasteiger partial charge is 0.341 e. The van der Waals surface area contributed by atoms with Gasteiger partial charge in [-0.2, -0.15) is 4.31 Å². The lowest BCUT2D eigenvalue weighted by molar-refractivity contribution is -0.136. The Labute approximate surface area is 190 Å². The molecule has 1 aliphatic heterocycles. The first-order chi connectivity index (χ1) is 15.5. The molecule has 166 valence electrons. The zero-order valence-electron chi connectivity index (χ0n) is 18.2. The molecule has 0 bridgehead atoms. The van der Waals surface area contributed by atoms with Gasteiger partial charge < -0.3 is 4.90 Å². The van der Waals surface area contributed by atoms with Gasteiger partial charge >= 0.3 is 0 Å². The predicted octanol–water partition coefficient (Wildman–Crippen LogP) is 4.49. The maximum absolute atomic E-state index is 13.6. The van der Waals surface area contributed by atoms with E-state index in [1.54, 1.807) is 42.3 Å². The monoisotopic (exact) mass is 448 g/mol. The molecule has 6 heteroatoms. The van der Waals surface area contributed by atoms with E-state index in [0.29, 0.717) is 19.4 Å². The summed E-state index contributed by atoms with van der Waals surface area (Å²) in [4.78, 5) is 15.2. The number of carbonyl (C=O) groups excluding carboxylic acids is 1. The van der Waals surface area contributed by atoms with E-state index < -0.39 is 10.0 Å². The number of amides is 1. The third-order valence-corrected chi connectivity index (χ3v) is 7.95. The molecule has 4 rings (SSSR count). The number of nitrogens with zero attached hydrogens (tertiary/aromatic N) is 2. The summed E-state index contributed by atoms with van der Waals surface area (Å²) in [6.45, 7) is 0.679. The lowest BCUT2D eigenvalue weighted by Crippen LogP contribution is -2.47. The number of rotatable bonds is 6. The van der Waals surface area contributed by atoms with Gasteiger partial charge in [-0.25, -0.2) is 8.42 Å². The van der Waals surface area contributed by atoms with Crippen LogP contribution in [-0.2, 0) is 21.4 Å². The average molecular weight is 449 g/mol. The van der Waals surface area contributed by atoms with Gasteiger partial charge in [-0.1, -0.05) is 78.9 Å². The van der Waals surface area contributed by atoms with E-state index in [1.165, 1.54) is 4.31 Å². The molecule has 32 heavy (non-hydrogen) atoms. The van der Waals surface area contributed by atoms with Crippen LogP contribution >= 0.6 is 0 Å². The van der Waals surface area contributed by atoms with Crippen molar-refractivity contribution in [1.82, 2.24) is 9.21 Å². The van der Waals surface area contributed by atoms with Crippen molar-refractivity contribution in [3.05, 3.63) is 102 Å². The summed E-state index contributed by atoms with van der Waals surface area (Å²) in [5, 5.41) is 0. The number of carbonyl (C=O) groups is 1. The van der Waals surface area contributed by atoms with Gasteiger partial charge in [0, 0.05) is 20.1 Å². The Balaban J connectivity index is 1.60. The maximum atomic E-state index is 13.6. The first kappa shape index (κ1) is 22.2.